The van der Waals surface area contributed by atoms with Crippen LogP contribution in [0, 0.1) is 11.3 Å². The molecule has 0 atom stereocenters. The van der Waals surface area contributed by atoms with Crippen molar-refractivity contribution < 1.29 is 4.79 Å². The summed E-state index contributed by atoms with van der Waals surface area (Å²) in [5.74, 6) is 1.16. The second kappa shape index (κ2) is 4.07. The van der Waals surface area contributed by atoms with Gasteiger partial charge in [0.05, 0.1) is 0 Å². The molecule has 2 amide bonds. The summed E-state index contributed by atoms with van der Waals surface area (Å²) in [5.41, 5.74) is -0.292. The number of urea groups is 1. The highest BCUT2D eigenvalue weighted by molar-refractivity contribution is 6.08. The van der Waals surface area contributed by atoms with Gasteiger partial charge >= 0.3 is 6.03 Å². The SMILES string of the molecule is CCCN1C(=O)NC(=N)C12CCC(C)CC2. The number of nitrogens with zero attached hydrogens (tertiary/aromatic N) is 1. The van der Waals surface area contributed by atoms with Crippen LogP contribution in [0.5, 0.6) is 0 Å². The van der Waals surface area contributed by atoms with E-state index in [2.05, 4.69) is 19.2 Å². The first-order chi connectivity index (χ1) is 7.60. The molecule has 0 bridgehead atoms. The molecule has 1 heterocycles. The van der Waals surface area contributed by atoms with Crippen LogP contribution in [-0.4, -0.2) is 28.9 Å². The summed E-state index contributed by atoms with van der Waals surface area (Å²) in [6.07, 6.45) is 5.10. The number of amides is 2. The first-order valence-electron chi connectivity index (χ1n) is 6.28. The van der Waals surface area contributed by atoms with Crippen molar-refractivity contribution in [2.45, 2.75) is 51.5 Å². The third-order valence-electron chi connectivity index (χ3n) is 4.01. The second-order valence-electron chi connectivity index (χ2n) is 5.17. The van der Waals surface area contributed by atoms with Crippen LogP contribution < -0.4 is 5.32 Å². The van der Waals surface area contributed by atoms with E-state index in [1.54, 1.807) is 0 Å². The summed E-state index contributed by atoms with van der Waals surface area (Å²) in [4.78, 5) is 13.7. The minimum absolute atomic E-state index is 0.0681. The number of carbonyl (C=O) groups is 1. The van der Waals surface area contributed by atoms with Gasteiger partial charge in [-0.3, -0.25) is 10.7 Å². The molecule has 4 nitrogen and oxygen atoms in total. The molecular weight excluding hydrogens is 202 g/mol. The van der Waals surface area contributed by atoms with Gasteiger partial charge in [-0.2, -0.15) is 0 Å². The van der Waals surface area contributed by atoms with Gasteiger partial charge in [-0.25, -0.2) is 4.79 Å². The molecule has 2 rings (SSSR count). The number of amidine groups is 1. The summed E-state index contributed by atoms with van der Waals surface area (Å²) in [6, 6.07) is -0.0681. The quantitative estimate of drug-likeness (QED) is 0.741. The van der Waals surface area contributed by atoms with E-state index in [-0.39, 0.29) is 11.6 Å². The standard InChI is InChI=1S/C12H21N3O/c1-3-8-15-11(16)14-10(13)12(15)6-4-9(2)5-7-12/h9H,3-8H2,1-2H3,(H2,13,14,16). The zero-order chi connectivity index (χ0) is 11.8. The number of hydrogen-bond acceptors (Lipinski definition) is 2. The fraction of sp³-hybridized carbons (Fsp3) is 0.833. The first kappa shape index (κ1) is 11.4. The Morgan fingerprint density at radius 3 is 2.69 bits per heavy atom. The van der Waals surface area contributed by atoms with E-state index in [1.807, 2.05) is 4.90 Å². The maximum absolute atomic E-state index is 11.8. The van der Waals surface area contributed by atoms with Gasteiger partial charge in [0.1, 0.15) is 11.4 Å². The number of hydrogen-bond donors (Lipinski definition) is 2. The van der Waals surface area contributed by atoms with Gasteiger partial charge in [-0.1, -0.05) is 13.8 Å². The molecule has 1 aliphatic carbocycles. The predicted molar refractivity (Wildman–Crippen MR) is 63.6 cm³/mol. The Bertz CT molecular complexity index is 305. The lowest BCUT2D eigenvalue weighted by Crippen LogP contribution is -2.51. The van der Waals surface area contributed by atoms with Gasteiger partial charge in [0, 0.05) is 6.54 Å². The fourth-order valence-corrected chi connectivity index (χ4v) is 2.92. The van der Waals surface area contributed by atoms with Crippen LogP contribution in [0.25, 0.3) is 0 Å². The summed E-state index contributed by atoms with van der Waals surface area (Å²) in [5, 5.41) is 10.7. The van der Waals surface area contributed by atoms with Crippen molar-refractivity contribution in [3.8, 4) is 0 Å². The highest BCUT2D eigenvalue weighted by atomic mass is 16.2. The molecule has 1 spiro atoms. The van der Waals surface area contributed by atoms with E-state index >= 15 is 0 Å². The van der Waals surface area contributed by atoms with Crippen LogP contribution in [0.15, 0.2) is 0 Å². The Balaban J connectivity index is 2.21. The maximum Gasteiger partial charge on any atom is 0.323 e. The number of carbonyl (C=O) groups excluding carboxylic acids is 1. The van der Waals surface area contributed by atoms with Gasteiger partial charge in [0.2, 0.25) is 0 Å². The van der Waals surface area contributed by atoms with Crippen molar-refractivity contribution in [3.05, 3.63) is 0 Å². The van der Waals surface area contributed by atoms with Crippen molar-refractivity contribution >= 4 is 11.9 Å². The van der Waals surface area contributed by atoms with Crippen molar-refractivity contribution in [1.29, 1.82) is 5.41 Å². The van der Waals surface area contributed by atoms with Gasteiger partial charge in [-0.05, 0) is 38.0 Å². The largest absolute Gasteiger partial charge is 0.323 e. The molecule has 2 aliphatic rings. The van der Waals surface area contributed by atoms with Gasteiger partial charge < -0.3 is 4.90 Å². The molecule has 1 aliphatic heterocycles. The molecular formula is C12H21N3O. The van der Waals surface area contributed by atoms with Crippen LogP contribution in [0.4, 0.5) is 4.79 Å². The maximum atomic E-state index is 11.8. The Morgan fingerprint density at radius 1 is 1.50 bits per heavy atom. The summed E-state index contributed by atoms with van der Waals surface area (Å²) in [7, 11) is 0. The van der Waals surface area contributed by atoms with Crippen molar-refractivity contribution in [1.82, 2.24) is 10.2 Å². The van der Waals surface area contributed by atoms with E-state index in [4.69, 9.17) is 5.41 Å². The molecule has 0 aromatic rings. The van der Waals surface area contributed by atoms with E-state index in [9.17, 15) is 4.79 Å². The third kappa shape index (κ3) is 1.60. The van der Waals surface area contributed by atoms with Crippen LogP contribution in [0.3, 0.4) is 0 Å². The molecule has 1 saturated heterocycles. The van der Waals surface area contributed by atoms with Crippen molar-refractivity contribution in [3.63, 3.8) is 0 Å². The monoisotopic (exact) mass is 223 g/mol. The summed E-state index contributed by atoms with van der Waals surface area (Å²) in [6.45, 7) is 5.10. The highest BCUT2D eigenvalue weighted by Crippen LogP contribution is 2.39. The van der Waals surface area contributed by atoms with Gasteiger partial charge in [-0.15, -0.1) is 0 Å². The Morgan fingerprint density at radius 2 is 2.12 bits per heavy atom. The lowest BCUT2D eigenvalue weighted by molar-refractivity contribution is 0.132. The van der Waals surface area contributed by atoms with Crippen molar-refractivity contribution in [2.75, 3.05) is 6.54 Å². The Kier molecular flexibility index (Phi) is 2.91. The molecule has 1 saturated carbocycles. The van der Waals surface area contributed by atoms with E-state index in [1.165, 1.54) is 0 Å². The van der Waals surface area contributed by atoms with E-state index in [0.29, 0.717) is 5.84 Å². The average molecular weight is 223 g/mol. The van der Waals surface area contributed by atoms with E-state index in [0.717, 1.165) is 44.6 Å². The van der Waals surface area contributed by atoms with E-state index < -0.39 is 0 Å². The molecule has 0 aromatic carbocycles. The van der Waals surface area contributed by atoms with Gasteiger partial charge in [0.25, 0.3) is 0 Å². The lowest BCUT2D eigenvalue weighted by Gasteiger charge is -2.41. The smallest absolute Gasteiger partial charge is 0.312 e. The molecule has 90 valence electrons. The van der Waals surface area contributed by atoms with Crippen LogP contribution in [-0.2, 0) is 0 Å². The fourth-order valence-electron chi connectivity index (χ4n) is 2.92. The normalized spacial score (nSPS) is 34.6. The second-order valence-corrected chi connectivity index (χ2v) is 5.17. The van der Waals surface area contributed by atoms with Crippen LogP contribution in [0.1, 0.15) is 46.0 Å². The summed E-state index contributed by atoms with van der Waals surface area (Å²) >= 11 is 0. The zero-order valence-corrected chi connectivity index (χ0v) is 10.2. The molecule has 0 radical (unpaired) electrons. The minimum Gasteiger partial charge on any atom is -0.312 e. The molecule has 0 unspecified atom stereocenters. The first-order valence-corrected chi connectivity index (χ1v) is 6.28. The topological polar surface area (TPSA) is 56.2 Å². The van der Waals surface area contributed by atoms with Crippen LogP contribution in [0.2, 0.25) is 0 Å². The number of rotatable bonds is 2. The van der Waals surface area contributed by atoms with Gasteiger partial charge in [0.15, 0.2) is 0 Å². The van der Waals surface area contributed by atoms with Crippen LogP contribution >= 0.6 is 0 Å². The lowest BCUT2D eigenvalue weighted by atomic mass is 9.76. The number of nitrogens with one attached hydrogen (secondary N) is 2. The predicted octanol–water partition coefficient (Wildman–Crippen LogP) is 2.35. The Hall–Kier alpha value is -1.06. The zero-order valence-electron chi connectivity index (χ0n) is 10.2. The highest BCUT2D eigenvalue weighted by Gasteiger charge is 2.50. The molecule has 0 aromatic heterocycles. The third-order valence-corrected chi connectivity index (χ3v) is 4.01. The average Bonchev–Trinajstić information content (AvgIpc) is 2.48. The summed E-state index contributed by atoms with van der Waals surface area (Å²) < 4.78 is 0. The molecule has 16 heavy (non-hydrogen) atoms. The van der Waals surface area contributed by atoms with Crippen molar-refractivity contribution in [2.24, 2.45) is 5.92 Å². The minimum atomic E-state index is -0.292. The molecule has 4 heteroatoms. The molecule has 2 N–H and O–H groups in total. The Labute approximate surface area is 96.9 Å². The molecule has 2 fully saturated rings.